The molecule has 26 heavy (non-hydrogen) atoms. The van der Waals surface area contributed by atoms with Crippen molar-refractivity contribution in [2.45, 2.75) is 12.2 Å². The molecule has 0 bridgehead atoms. The molecular formula is C14H20Cl2F3N3O4. The molecule has 1 aliphatic rings. The normalized spacial score (nSPS) is 16.0. The van der Waals surface area contributed by atoms with Crippen LogP contribution in [0.1, 0.15) is 11.6 Å². The van der Waals surface area contributed by atoms with Crippen LogP contribution >= 0.6 is 24.8 Å². The molecular weight excluding hydrogens is 402 g/mol. The van der Waals surface area contributed by atoms with E-state index in [-0.39, 0.29) is 49.4 Å². The zero-order chi connectivity index (χ0) is 17.9. The van der Waals surface area contributed by atoms with Gasteiger partial charge in [0.25, 0.3) is 5.69 Å². The third-order valence-electron chi connectivity index (χ3n) is 3.85. The average Bonchev–Trinajstić information content (AvgIpc) is 2.54. The van der Waals surface area contributed by atoms with E-state index in [4.69, 9.17) is 9.47 Å². The smallest absolute Gasteiger partial charge is 0.408 e. The van der Waals surface area contributed by atoms with Crippen LogP contribution in [0.5, 0.6) is 11.5 Å². The van der Waals surface area contributed by atoms with Crippen LogP contribution < -0.4 is 14.8 Å². The van der Waals surface area contributed by atoms with Crippen molar-refractivity contribution in [1.29, 1.82) is 0 Å². The van der Waals surface area contributed by atoms with Crippen LogP contribution in [0, 0.1) is 10.1 Å². The van der Waals surface area contributed by atoms with Crippen LogP contribution in [0.3, 0.4) is 0 Å². The number of rotatable bonds is 5. The monoisotopic (exact) mass is 421 g/mol. The molecule has 150 valence electrons. The Morgan fingerprint density at radius 2 is 1.65 bits per heavy atom. The summed E-state index contributed by atoms with van der Waals surface area (Å²) in [7, 11) is 2.53. The van der Waals surface area contributed by atoms with Gasteiger partial charge in [-0.3, -0.25) is 15.0 Å². The van der Waals surface area contributed by atoms with Gasteiger partial charge >= 0.3 is 6.18 Å². The van der Waals surface area contributed by atoms with Crippen molar-refractivity contribution in [3.63, 3.8) is 0 Å². The van der Waals surface area contributed by atoms with Gasteiger partial charge in [0.15, 0.2) is 11.5 Å². The van der Waals surface area contributed by atoms with Gasteiger partial charge < -0.3 is 14.8 Å². The maximum atomic E-state index is 13.7. The van der Waals surface area contributed by atoms with E-state index in [1.54, 1.807) is 0 Å². The van der Waals surface area contributed by atoms with Crippen LogP contribution in [0.25, 0.3) is 0 Å². The van der Waals surface area contributed by atoms with Crippen LogP contribution in [0.15, 0.2) is 12.1 Å². The number of benzene rings is 1. The second kappa shape index (κ2) is 10.0. The van der Waals surface area contributed by atoms with Crippen molar-refractivity contribution in [1.82, 2.24) is 10.2 Å². The molecule has 0 aliphatic carbocycles. The minimum absolute atomic E-state index is 0. The van der Waals surface area contributed by atoms with E-state index in [1.807, 2.05) is 0 Å². The first-order valence-corrected chi connectivity index (χ1v) is 7.21. The van der Waals surface area contributed by atoms with Crippen LogP contribution in [0.4, 0.5) is 18.9 Å². The van der Waals surface area contributed by atoms with Crippen molar-refractivity contribution >= 4 is 30.5 Å². The molecule has 0 amide bonds. The lowest BCUT2D eigenvalue weighted by molar-refractivity contribution is -0.386. The van der Waals surface area contributed by atoms with Gasteiger partial charge in [0.1, 0.15) is 6.04 Å². The van der Waals surface area contributed by atoms with E-state index in [2.05, 4.69) is 5.32 Å². The molecule has 0 saturated carbocycles. The summed E-state index contributed by atoms with van der Waals surface area (Å²) in [5, 5.41) is 14.3. The molecule has 12 heteroatoms. The third kappa shape index (κ3) is 5.26. The Labute approximate surface area is 160 Å². The lowest BCUT2D eigenvalue weighted by atomic mass is 10.0. The zero-order valence-corrected chi connectivity index (χ0v) is 15.7. The number of ether oxygens (including phenoxy) is 2. The Morgan fingerprint density at radius 3 is 2.08 bits per heavy atom. The highest BCUT2D eigenvalue weighted by molar-refractivity contribution is 5.85. The molecule has 1 N–H and O–H groups in total. The van der Waals surface area contributed by atoms with Crippen molar-refractivity contribution in [2.75, 3.05) is 40.4 Å². The fourth-order valence-electron chi connectivity index (χ4n) is 2.78. The Kier molecular flexibility index (Phi) is 9.43. The second-order valence-corrected chi connectivity index (χ2v) is 5.25. The first kappa shape index (κ1) is 24.5. The first-order valence-electron chi connectivity index (χ1n) is 7.21. The standard InChI is InChI=1S/C14H18F3N3O4.2ClH/c1-23-11-7-9(10(20(21)22)8-12(11)24-2)13(14(15,16)17)19-5-3-18-4-6-19;;/h7-8,13,18H,3-6H2,1-2H3;2*1H/t13-;;/m0../s1. The second-order valence-electron chi connectivity index (χ2n) is 5.25. The van der Waals surface area contributed by atoms with Gasteiger partial charge in [0, 0.05) is 26.2 Å². The highest BCUT2D eigenvalue weighted by atomic mass is 35.5. The third-order valence-corrected chi connectivity index (χ3v) is 3.85. The lowest BCUT2D eigenvalue weighted by Crippen LogP contribution is -2.49. The first-order chi connectivity index (χ1) is 11.3. The summed E-state index contributed by atoms with van der Waals surface area (Å²) < 4.78 is 51.1. The van der Waals surface area contributed by atoms with E-state index in [0.29, 0.717) is 13.1 Å². The molecule has 1 fully saturated rings. The highest BCUT2D eigenvalue weighted by Gasteiger charge is 2.48. The molecule has 1 aromatic carbocycles. The molecule has 0 spiro atoms. The summed E-state index contributed by atoms with van der Waals surface area (Å²) in [5.41, 5.74) is -1.10. The topological polar surface area (TPSA) is 76.9 Å². The van der Waals surface area contributed by atoms with E-state index in [0.717, 1.165) is 12.1 Å². The van der Waals surface area contributed by atoms with Gasteiger partial charge in [-0.2, -0.15) is 13.2 Å². The van der Waals surface area contributed by atoms with Gasteiger partial charge in [-0.15, -0.1) is 24.8 Å². The molecule has 1 aliphatic heterocycles. The zero-order valence-electron chi connectivity index (χ0n) is 14.0. The molecule has 0 radical (unpaired) electrons. The van der Waals surface area contributed by atoms with Crippen LogP contribution in [0.2, 0.25) is 0 Å². The maximum absolute atomic E-state index is 13.7. The molecule has 1 saturated heterocycles. The van der Waals surface area contributed by atoms with Crippen LogP contribution in [-0.4, -0.2) is 56.4 Å². The van der Waals surface area contributed by atoms with Gasteiger partial charge in [-0.1, -0.05) is 0 Å². The fourth-order valence-corrected chi connectivity index (χ4v) is 2.78. The van der Waals surface area contributed by atoms with Crippen molar-refractivity contribution in [2.24, 2.45) is 0 Å². The van der Waals surface area contributed by atoms with Crippen molar-refractivity contribution < 1.29 is 27.6 Å². The summed E-state index contributed by atoms with van der Waals surface area (Å²) in [6.45, 7) is 1.03. The van der Waals surface area contributed by atoms with Gasteiger partial charge in [0.2, 0.25) is 0 Å². The summed E-state index contributed by atoms with van der Waals surface area (Å²) in [6.07, 6.45) is -4.66. The Morgan fingerprint density at radius 1 is 1.15 bits per heavy atom. The molecule has 1 aromatic rings. The number of nitrogens with one attached hydrogen (secondary N) is 1. The fraction of sp³-hybridized carbons (Fsp3) is 0.571. The summed E-state index contributed by atoms with van der Waals surface area (Å²) in [5.74, 6) is 0.0247. The lowest BCUT2D eigenvalue weighted by Gasteiger charge is -2.36. The molecule has 0 aromatic heterocycles. The number of alkyl halides is 3. The summed E-state index contributed by atoms with van der Waals surface area (Å²) in [4.78, 5) is 11.7. The highest BCUT2D eigenvalue weighted by Crippen LogP contribution is 2.45. The molecule has 1 atom stereocenters. The summed E-state index contributed by atoms with van der Waals surface area (Å²) in [6, 6.07) is -0.0773. The average molecular weight is 422 g/mol. The number of nitro benzene ring substituents is 1. The number of nitro groups is 1. The minimum atomic E-state index is -4.66. The Bertz CT molecular complexity index is 614. The molecule has 7 nitrogen and oxygen atoms in total. The SMILES string of the molecule is COc1cc([C@H](N2CCNCC2)C(F)(F)F)c([N+](=O)[O-])cc1OC.Cl.Cl. The van der Waals surface area contributed by atoms with Crippen LogP contribution in [-0.2, 0) is 0 Å². The molecule has 0 unspecified atom stereocenters. The summed E-state index contributed by atoms with van der Waals surface area (Å²) >= 11 is 0. The molecule has 2 rings (SSSR count). The van der Waals surface area contributed by atoms with Crippen molar-refractivity contribution in [3.8, 4) is 11.5 Å². The number of nitrogens with zero attached hydrogens (tertiary/aromatic N) is 2. The predicted molar refractivity (Wildman–Crippen MR) is 93.9 cm³/mol. The van der Waals surface area contributed by atoms with Gasteiger partial charge in [0.05, 0.1) is 30.8 Å². The van der Waals surface area contributed by atoms with Crippen molar-refractivity contribution in [3.05, 3.63) is 27.8 Å². The number of piperazine rings is 1. The largest absolute Gasteiger partial charge is 0.493 e. The number of hydrogen-bond acceptors (Lipinski definition) is 6. The Balaban J connectivity index is 0.00000312. The maximum Gasteiger partial charge on any atom is 0.408 e. The van der Waals surface area contributed by atoms with E-state index >= 15 is 0 Å². The van der Waals surface area contributed by atoms with E-state index in [1.165, 1.54) is 19.1 Å². The minimum Gasteiger partial charge on any atom is -0.493 e. The van der Waals surface area contributed by atoms with E-state index in [9.17, 15) is 23.3 Å². The predicted octanol–water partition coefficient (Wildman–Crippen LogP) is 2.96. The van der Waals surface area contributed by atoms with Gasteiger partial charge in [-0.25, -0.2) is 0 Å². The number of methoxy groups -OCH3 is 2. The van der Waals surface area contributed by atoms with E-state index < -0.39 is 28.4 Å². The quantitative estimate of drug-likeness (QED) is 0.581. The number of hydrogen-bond donors (Lipinski definition) is 1. The van der Waals surface area contributed by atoms with Gasteiger partial charge in [-0.05, 0) is 6.07 Å². The number of halogens is 5. The Hall–Kier alpha value is -1.49. The molecule has 1 heterocycles.